The summed E-state index contributed by atoms with van der Waals surface area (Å²) in [4.78, 5) is 15.2. The van der Waals surface area contributed by atoms with Gasteiger partial charge in [0.25, 0.3) is 5.69 Å². The number of H-pyrrole nitrogens is 1. The van der Waals surface area contributed by atoms with E-state index in [4.69, 9.17) is 0 Å². The first-order valence-corrected chi connectivity index (χ1v) is 4.53. The van der Waals surface area contributed by atoms with Crippen molar-refractivity contribution >= 4 is 22.3 Å². The van der Waals surface area contributed by atoms with Crippen LogP contribution in [0.4, 0.5) is 11.4 Å². The van der Waals surface area contributed by atoms with Crippen LogP contribution in [0.5, 0.6) is 0 Å². The topological polar surface area (TPSA) is 62.2 Å². The Kier molecular flexibility index (Phi) is 2.07. The molecule has 0 aliphatic rings. The van der Waals surface area contributed by atoms with Crippen molar-refractivity contribution in [1.82, 2.24) is 4.98 Å². The monoisotopic (exact) mass is 205 g/mol. The van der Waals surface area contributed by atoms with Crippen molar-refractivity contribution in [3.05, 3.63) is 34.5 Å². The summed E-state index contributed by atoms with van der Waals surface area (Å²) in [7, 11) is 3.81. The fourth-order valence-electron chi connectivity index (χ4n) is 1.65. The number of aromatic amines is 1. The zero-order valence-electron chi connectivity index (χ0n) is 8.52. The minimum absolute atomic E-state index is 0.112. The zero-order chi connectivity index (χ0) is 11.0. The van der Waals surface area contributed by atoms with E-state index < -0.39 is 0 Å². The fourth-order valence-corrected chi connectivity index (χ4v) is 1.65. The Morgan fingerprint density at radius 1 is 1.40 bits per heavy atom. The molecular formula is C10H11N3O2. The summed E-state index contributed by atoms with van der Waals surface area (Å²) >= 11 is 0. The second-order valence-electron chi connectivity index (χ2n) is 3.53. The number of hydrogen-bond acceptors (Lipinski definition) is 3. The average molecular weight is 205 g/mol. The van der Waals surface area contributed by atoms with Crippen molar-refractivity contribution < 1.29 is 4.92 Å². The molecule has 0 saturated heterocycles. The van der Waals surface area contributed by atoms with Gasteiger partial charge in [-0.3, -0.25) is 10.1 Å². The van der Waals surface area contributed by atoms with E-state index in [0.29, 0.717) is 5.52 Å². The lowest BCUT2D eigenvalue weighted by atomic mass is 10.2. The maximum absolute atomic E-state index is 10.8. The molecule has 0 bridgehead atoms. The Labute approximate surface area is 86.5 Å². The fraction of sp³-hybridized carbons (Fsp3) is 0.200. The summed E-state index contributed by atoms with van der Waals surface area (Å²) in [5.74, 6) is 0. The Morgan fingerprint density at radius 2 is 2.13 bits per heavy atom. The maximum atomic E-state index is 10.8. The van der Waals surface area contributed by atoms with E-state index in [1.807, 2.05) is 25.1 Å². The van der Waals surface area contributed by atoms with E-state index in [-0.39, 0.29) is 10.6 Å². The third-order valence-electron chi connectivity index (χ3n) is 2.35. The van der Waals surface area contributed by atoms with Crippen LogP contribution in [0, 0.1) is 10.1 Å². The molecule has 0 unspecified atom stereocenters. The molecule has 1 aromatic carbocycles. The van der Waals surface area contributed by atoms with Gasteiger partial charge in [-0.2, -0.15) is 0 Å². The first kappa shape index (κ1) is 9.51. The first-order chi connectivity index (χ1) is 7.11. The predicted molar refractivity (Wildman–Crippen MR) is 59.3 cm³/mol. The maximum Gasteiger partial charge on any atom is 0.293 e. The Bertz CT molecular complexity index is 516. The van der Waals surface area contributed by atoms with Crippen LogP contribution in [0.3, 0.4) is 0 Å². The standard InChI is InChI=1S/C10H11N3O2/c1-12(2)9-6-11-10-7(9)4-3-5-8(10)13(14)15/h3-6,11H,1-2H3. The third kappa shape index (κ3) is 1.41. The Morgan fingerprint density at radius 3 is 2.73 bits per heavy atom. The highest BCUT2D eigenvalue weighted by Gasteiger charge is 2.15. The first-order valence-electron chi connectivity index (χ1n) is 4.53. The van der Waals surface area contributed by atoms with Gasteiger partial charge in [0.1, 0.15) is 5.52 Å². The number of benzene rings is 1. The number of nitro groups is 1. The van der Waals surface area contributed by atoms with E-state index in [0.717, 1.165) is 11.1 Å². The molecule has 1 heterocycles. The lowest BCUT2D eigenvalue weighted by molar-refractivity contribution is -0.383. The van der Waals surface area contributed by atoms with Gasteiger partial charge in [-0.05, 0) is 0 Å². The minimum Gasteiger partial charge on any atom is -0.376 e. The van der Waals surface area contributed by atoms with E-state index in [2.05, 4.69) is 4.98 Å². The van der Waals surface area contributed by atoms with E-state index in [1.165, 1.54) is 6.07 Å². The van der Waals surface area contributed by atoms with Gasteiger partial charge in [0.15, 0.2) is 0 Å². The van der Waals surface area contributed by atoms with Gasteiger partial charge in [0.05, 0.1) is 10.6 Å². The van der Waals surface area contributed by atoms with E-state index >= 15 is 0 Å². The zero-order valence-corrected chi connectivity index (χ0v) is 8.52. The second kappa shape index (κ2) is 3.27. The minimum atomic E-state index is -0.377. The van der Waals surface area contributed by atoms with Crippen LogP contribution in [-0.2, 0) is 0 Å². The highest BCUT2D eigenvalue weighted by Crippen LogP contribution is 2.30. The van der Waals surface area contributed by atoms with Crippen molar-refractivity contribution in [2.75, 3.05) is 19.0 Å². The van der Waals surface area contributed by atoms with E-state index in [1.54, 1.807) is 12.3 Å². The van der Waals surface area contributed by atoms with Crippen LogP contribution in [0.2, 0.25) is 0 Å². The van der Waals surface area contributed by atoms with Crippen molar-refractivity contribution in [1.29, 1.82) is 0 Å². The number of nitrogens with zero attached hydrogens (tertiary/aromatic N) is 2. The molecule has 0 spiro atoms. The van der Waals surface area contributed by atoms with Crippen molar-refractivity contribution in [2.24, 2.45) is 0 Å². The summed E-state index contributed by atoms with van der Waals surface area (Å²) < 4.78 is 0. The smallest absolute Gasteiger partial charge is 0.293 e. The molecule has 0 saturated carbocycles. The molecule has 0 atom stereocenters. The summed E-state index contributed by atoms with van der Waals surface area (Å²) in [5, 5.41) is 11.6. The summed E-state index contributed by atoms with van der Waals surface area (Å²) in [6, 6.07) is 5.06. The van der Waals surface area contributed by atoms with Gasteiger partial charge in [0, 0.05) is 31.7 Å². The van der Waals surface area contributed by atoms with Gasteiger partial charge >= 0.3 is 0 Å². The van der Waals surface area contributed by atoms with Gasteiger partial charge in [-0.25, -0.2) is 0 Å². The quantitative estimate of drug-likeness (QED) is 0.603. The highest BCUT2D eigenvalue weighted by atomic mass is 16.6. The van der Waals surface area contributed by atoms with Crippen molar-refractivity contribution in [2.45, 2.75) is 0 Å². The second-order valence-corrected chi connectivity index (χ2v) is 3.53. The molecule has 15 heavy (non-hydrogen) atoms. The number of hydrogen-bond donors (Lipinski definition) is 1. The molecule has 0 aliphatic heterocycles. The molecule has 0 aliphatic carbocycles. The number of rotatable bonds is 2. The molecule has 0 fully saturated rings. The normalized spacial score (nSPS) is 10.5. The van der Waals surface area contributed by atoms with Crippen molar-refractivity contribution in [3.8, 4) is 0 Å². The van der Waals surface area contributed by atoms with Crippen LogP contribution in [0.1, 0.15) is 0 Å². The lowest BCUT2D eigenvalue weighted by Crippen LogP contribution is -2.07. The number of aromatic nitrogens is 1. The molecule has 1 N–H and O–H groups in total. The SMILES string of the molecule is CN(C)c1c[nH]c2c([N+](=O)[O-])cccc12. The van der Waals surface area contributed by atoms with Gasteiger partial charge in [-0.1, -0.05) is 12.1 Å². The number of non-ortho nitro benzene ring substituents is 1. The molecule has 2 rings (SSSR count). The number of fused-ring (bicyclic) bond motifs is 1. The molecule has 78 valence electrons. The van der Waals surface area contributed by atoms with Gasteiger partial charge < -0.3 is 9.88 Å². The van der Waals surface area contributed by atoms with E-state index in [9.17, 15) is 10.1 Å². The average Bonchev–Trinajstić information content (AvgIpc) is 2.59. The molecular weight excluding hydrogens is 194 g/mol. The largest absolute Gasteiger partial charge is 0.376 e. The number of nitro benzene ring substituents is 1. The lowest BCUT2D eigenvalue weighted by Gasteiger charge is -2.09. The summed E-state index contributed by atoms with van der Waals surface area (Å²) in [6.45, 7) is 0. The summed E-state index contributed by atoms with van der Waals surface area (Å²) in [6.07, 6.45) is 1.78. The highest BCUT2D eigenvalue weighted by molar-refractivity contribution is 5.97. The molecule has 1 aromatic heterocycles. The Hall–Kier alpha value is -2.04. The van der Waals surface area contributed by atoms with Crippen molar-refractivity contribution in [3.63, 3.8) is 0 Å². The van der Waals surface area contributed by atoms with Crippen LogP contribution < -0.4 is 4.90 Å². The molecule has 0 amide bonds. The van der Waals surface area contributed by atoms with Gasteiger partial charge in [-0.15, -0.1) is 0 Å². The molecule has 5 heteroatoms. The molecule has 2 aromatic rings. The Balaban J connectivity index is 2.74. The number of para-hydroxylation sites is 1. The van der Waals surface area contributed by atoms with Crippen LogP contribution in [-0.4, -0.2) is 24.0 Å². The van der Waals surface area contributed by atoms with Crippen LogP contribution in [0.25, 0.3) is 10.9 Å². The van der Waals surface area contributed by atoms with Crippen LogP contribution in [0.15, 0.2) is 24.4 Å². The van der Waals surface area contributed by atoms with Crippen LogP contribution >= 0.6 is 0 Å². The molecule has 5 nitrogen and oxygen atoms in total. The summed E-state index contributed by atoms with van der Waals surface area (Å²) in [5.41, 5.74) is 1.64. The predicted octanol–water partition coefficient (Wildman–Crippen LogP) is 2.14. The number of nitrogens with one attached hydrogen (secondary N) is 1. The molecule has 0 radical (unpaired) electrons. The van der Waals surface area contributed by atoms with Gasteiger partial charge in [0.2, 0.25) is 0 Å². The number of anilines is 1. The third-order valence-corrected chi connectivity index (χ3v) is 2.35.